The lowest BCUT2D eigenvalue weighted by Gasteiger charge is -2.47. The minimum Gasteiger partial charge on any atom is -0.393 e. The van der Waals surface area contributed by atoms with Crippen LogP contribution in [0.3, 0.4) is 0 Å². The van der Waals surface area contributed by atoms with Crippen LogP contribution in [0, 0.1) is 23.0 Å². The number of halogens is 2. The highest BCUT2D eigenvalue weighted by Gasteiger charge is 2.43. The molecule has 0 saturated heterocycles. The molecule has 27 heavy (non-hydrogen) atoms. The summed E-state index contributed by atoms with van der Waals surface area (Å²) in [4.78, 5) is 2.16. The molecule has 3 rings (SSSR count). The van der Waals surface area contributed by atoms with Crippen LogP contribution in [0.1, 0.15) is 30.4 Å². The Kier molecular flexibility index (Phi) is 6.28. The Morgan fingerprint density at radius 1 is 1.00 bits per heavy atom. The lowest BCUT2D eigenvalue weighted by Crippen LogP contribution is -2.46. The van der Waals surface area contributed by atoms with Gasteiger partial charge in [-0.25, -0.2) is 8.78 Å². The van der Waals surface area contributed by atoms with Crippen molar-refractivity contribution in [2.75, 3.05) is 20.6 Å². The summed E-state index contributed by atoms with van der Waals surface area (Å²) in [6.07, 6.45) is 3.64. The van der Waals surface area contributed by atoms with Crippen molar-refractivity contribution in [3.8, 4) is 0 Å². The minimum absolute atomic E-state index is 0.0882. The maximum Gasteiger partial charge on any atom is 0.123 e. The summed E-state index contributed by atoms with van der Waals surface area (Å²) in [5.41, 5.74) is 1.99. The van der Waals surface area contributed by atoms with Gasteiger partial charge in [-0.05, 0) is 92.9 Å². The van der Waals surface area contributed by atoms with Crippen LogP contribution in [0.25, 0.3) is 0 Å². The zero-order chi connectivity index (χ0) is 19.4. The van der Waals surface area contributed by atoms with Crippen molar-refractivity contribution in [1.29, 1.82) is 0 Å². The molecule has 2 nitrogen and oxygen atoms in total. The normalized spacial score (nSPS) is 25.7. The van der Waals surface area contributed by atoms with Gasteiger partial charge in [-0.15, -0.1) is 0 Å². The van der Waals surface area contributed by atoms with E-state index >= 15 is 0 Å². The van der Waals surface area contributed by atoms with E-state index in [0.29, 0.717) is 0 Å². The first kappa shape index (κ1) is 20.0. The minimum atomic E-state index is -0.288. The fraction of sp³-hybridized carbons (Fsp3) is 0.478. The maximum absolute atomic E-state index is 13.8. The van der Waals surface area contributed by atoms with Gasteiger partial charge in [-0.3, -0.25) is 0 Å². The molecule has 1 aliphatic carbocycles. The Balaban J connectivity index is 1.96. The number of aliphatic hydroxyl groups is 1. The zero-order valence-corrected chi connectivity index (χ0v) is 16.2. The Labute approximate surface area is 160 Å². The summed E-state index contributed by atoms with van der Waals surface area (Å²) in [7, 11) is 4.09. The van der Waals surface area contributed by atoms with E-state index in [1.807, 2.05) is 32.3 Å². The van der Waals surface area contributed by atoms with Crippen molar-refractivity contribution in [2.24, 2.45) is 11.3 Å². The van der Waals surface area contributed by atoms with E-state index in [-0.39, 0.29) is 29.1 Å². The molecule has 3 unspecified atom stereocenters. The maximum atomic E-state index is 13.8. The van der Waals surface area contributed by atoms with Crippen molar-refractivity contribution < 1.29 is 13.9 Å². The van der Waals surface area contributed by atoms with E-state index in [1.54, 1.807) is 12.1 Å². The molecular formula is C23H29F2NO. The van der Waals surface area contributed by atoms with Gasteiger partial charge in [-0.2, -0.15) is 0 Å². The Hall–Kier alpha value is -1.78. The van der Waals surface area contributed by atoms with Crippen LogP contribution < -0.4 is 0 Å². The molecule has 1 aliphatic rings. The highest BCUT2D eigenvalue weighted by Crippen LogP contribution is 2.46. The highest BCUT2D eigenvalue weighted by atomic mass is 19.1. The Morgan fingerprint density at radius 2 is 1.70 bits per heavy atom. The average molecular weight is 373 g/mol. The number of hydrogen-bond donors (Lipinski definition) is 1. The van der Waals surface area contributed by atoms with Crippen LogP contribution >= 0.6 is 0 Å². The van der Waals surface area contributed by atoms with Gasteiger partial charge in [0.1, 0.15) is 11.6 Å². The van der Waals surface area contributed by atoms with Crippen molar-refractivity contribution in [3.63, 3.8) is 0 Å². The quantitative estimate of drug-likeness (QED) is 0.808. The van der Waals surface area contributed by atoms with Gasteiger partial charge in [0.25, 0.3) is 0 Å². The van der Waals surface area contributed by atoms with Crippen molar-refractivity contribution in [1.82, 2.24) is 4.90 Å². The first-order valence-electron chi connectivity index (χ1n) is 9.68. The molecular weight excluding hydrogens is 344 g/mol. The number of rotatable bonds is 6. The van der Waals surface area contributed by atoms with Crippen molar-refractivity contribution in [2.45, 2.75) is 38.2 Å². The van der Waals surface area contributed by atoms with E-state index in [0.717, 1.165) is 49.8 Å². The van der Waals surface area contributed by atoms with Crippen molar-refractivity contribution in [3.05, 3.63) is 71.3 Å². The van der Waals surface area contributed by atoms with Crippen LogP contribution in [0.15, 0.2) is 48.5 Å². The fourth-order valence-corrected chi connectivity index (χ4v) is 4.65. The van der Waals surface area contributed by atoms with Gasteiger partial charge < -0.3 is 10.0 Å². The van der Waals surface area contributed by atoms with Gasteiger partial charge in [0.05, 0.1) is 6.10 Å². The molecule has 0 heterocycles. The number of nitrogens with zero attached hydrogens (tertiary/aromatic N) is 1. The van der Waals surface area contributed by atoms with Gasteiger partial charge in [0.15, 0.2) is 0 Å². The van der Waals surface area contributed by atoms with Gasteiger partial charge >= 0.3 is 0 Å². The summed E-state index contributed by atoms with van der Waals surface area (Å²) in [6, 6.07) is 13.5. The number of benzene rings is 2. The Morgan fingerprint density at radius 3 is 2.37 bits per heavy atom. The molecule has 2 aromatic rings. The van der Waals surface area contributed by atoms with Crippen molar-refractivity contribution >= 4 is 0 Å². The predicted octanol–water partition coefficient (Wildman–Crippen LogP) is 4.46. The third-order valence-electron chi connectivity index (χ3n) is 5.90. The van der Waals surface area contributed by atoms with E-state index < -0.39 is 0 Å². The van der Waals surface area contributed by atoms with E-state index in [2.05, 4.69) is 4.90 Å². The second-order valence-electron chi connectivity index (χ2n) is 8.36. The topological polar surface area (TPSA) is 23.5 Å². The summed E-state index contributed by atoms with van der Waals surface area (Å²) in [6.45, 7) is 0.869. The number of aliphatic hydroxyl groups excluding tert-OH is 1. The molecule has 1 saturated carbocycles. The van der Waals surface area contributed by atoms with Crippen LogP contribution in [0.5, 0.6) is 0 Å². The average Bonchev–Trinajstić information content (AvgIpc) is 2.60. The van der Waals surface area contributed by atoms with Crippen LogP contribution in [-0.4, -0.2) is 36.8 Å². The molecule has 1 fully saturated rings. The van der Waals surface area contributed by atoms with E-state index in [4.69, 9.17) is 0 Å². The standard InChI is InChI=1S/C23H29F2NO/c1-26(2)16-19-13-22(27)10-11-23(19,14-17-6-8-20(24)9-7-17)15-18-4-3-5-21(25)12-18/h3-9,12,19,22,27H,10-11,13-16H2,1-2H3. The van der Waals surface area contributed by atoms with Gasteiger partial charge in [0, 0.05) is 6.54 Å². The molecule has 0 aliphatic heterocycles. The largest absolute Gasteiger partial charge is 0.393 e. The first-order valence-corrected chi connectivity index (χ1v) is 9.68. The van der Waals surface area contributed by atoms with E-state index in [9.17, 15) is 13.9 Å². The monoisotopic (exact) mass is 373 g/mol. The molecule has 0 amide bonds. The molecule has 0 aromatic heterocycles. The summed E-state index contributed by atoms with van der Waals surface area (Å²) in [5.74, 6) is -0.171. The van der Waals surface area contributed by atoms with Gasteiger partial charge in [0.2, 0.25) is 0 Å². The third-order valence-corrected chi connectivity index (χ3v) is 5.90. The lowest BCUT2D eigenvalue weighted by atomic mass is 9.60. The molecule has 2 aromatic carbocycles. The van der Waals surface area contributed by atoms with Gasteiger partial charge in [-0.1, -0.05) is 24.3 Å². The number of hydrogen-bond acceptors (Lipinski definition) is 2. The zero-order valence-electron chi connectivity index (χ0n) is 16.2. The van der Waals surface area contributed by atoms with Crippen LogP contribution in [-0.2, 0) is 12.8 Å². The second-order valence-corrected chi connectivity index (χ2v) is 8.36. The van der Waals surface area contributed by atoms with Crippen LogP contribution in [0.4, 0.5) is 8.78 Å². The molecule has 0 bridgehead atoms. The molecule has 0 spiro atoms. The smallest absolute Gasteiger partial charge is 0.123 e. The molecule has 1 N–H and O–H groups in total. The molecule has 0 radical (unpaired) electrons. The van der Waals surface area contributed by atoms with E-state index in [1.165, 1.54) is 18.2 Å². The SMILES string of the molecule is CN(C)CC1CC(O)CCC1(Cc1ccc(F)cc1)Cc1cccc(F)c1. The predicted molar refractivity (Wildman–Crippen MR) is 105 cm³/mol. The summed E-state index contributed by atoms with van der Waals surface area (Å²) >= 11 is 0. The summed E-state index contributed by atoms with van der Waals surface area (Å²) in [5, 5.41) is 10.3. The molecule has 3 atom stereocenters. The molecule has 146 valence electrons. The Bertz CT molecular complexity index is 744. The first-order chi connectivity index (χ1) is 12.9. The van der Waals surface area contributed by atoms with Crippen LogP contribution in [0.2, 0.25) is 0 Å². The second kappa shape index (κ2) is 8.49. The summed E-state index contributed by atoms with van der Waals surface area (Å²) < 4.78 is 27.2. The fourth-order valence-electron chi connectivity index (χ4n) is 4.65. The lowest BCUT2D eigenvalue weighted by molar-refractivity contribution is -0.00347. The highest BCUT2D eigenvalue weighted by molar-refractivity contribution is 5.23. The third kappa shape index (κ3) is 5.14. The molecule has 4 heteroatoms.